The Morgan fingerprint density at radius 1 is 1.18 bits per heavy atom. The van der Waals surface area contributed by atoms with Crippen molar-refractivity contribution in [3.63, 3.8) is 0 Å². The second-order valence-electron chi connectivity index (χ2n) is 7.67. The summed E-state index contributed by atoms with van der Waals surface area (Å²) >= 11 is 0. The minimum absolute atomic E-state index is 0.124. The Balaban J connectivity index is 2.63. The van der Waals surface area contributed by atoms with Gasteiger partial charge in [0.15, 0.2) is 0 Å². The van der Waals surface area contributed by atoms with E-state index in [0.717, 1.165) is 31.1 Å². The van der Waals surface area contributed by atoms with Crippen LogP contribution in [0.25, 0.3) is 0 Å². The minimum atomic E-state index is -0.703. The number of hydrogen-bond donors (Lipinski definition) is 1. The number of Topliss-reactive ketones (excluding diaryl/α,β-unsaturated/α-hetero) is 1. The van der Waals surface area contributed by atoms with E-state index in [0.29, 0.717) is 11.1 Å². The molecule has 0 saturated heterocycles. The number of hydrogen-bond acceptors (Lipinski definition) is 3. The fourth-order valence-electron chi connectivity index (χ4n) is 3.78. The maximum atomic E-state index is 13.0. The predicted octanol–water partition coefficient (Wildman–Crippen LogP) is 4.37. The molecule has 0 aromatic heterocycles. The average Bonchev–Trinajstić information content (AvgIpc) is 2.44. The van der Waals surface area contributed by atoms with Gasteiger partial charge in [-0.2, -0.15) is 0 Å². The van der Waals surface area contributed by atoms with Crippen LogP contribution in [0, 0.1) is 5.41 Å². The van der Waals surface area contributed by atoms with Crippen LogP contribution in [0.15, 0.2) is 12.1 Å². The third kappa shape index (κ3) is 2.57. The smallest absolute Gasteiger partial charge is 0.150 e. The van der Waals surface area contributed by atoms with Crippen LogP contribution in [-0.2, 0) is 10.2 Å². The largest absolute Gasteiger partial charge is 0.508 e. The van der Waals surface area contributed by atoms with Crippen LogP contribution >= 0.6 is 0 Å². The first-order valence-corrected chi connectivity index (χ1v) is 8.01. The second-order valence-corrected chi connectivity index (χ2v) is 7.67. The molecule has 1 aromatic rings. The van der Waals surface area contributed by atoms with Crippen molar-refractivity contribution in [2.24, 2.45) is 5.41 Å². The van der Waals surface area contributed by atoms with E-state index < -0.39 is 5.41 Å². The first-order chi connectivity index (χ1) is 10.1. The van der Waals surface area contributed by atoms with Gasteiger partial charge in [-0.3, -0.25) is 9.59 Å². The van der Waals surface area contributed by atoms with Crippen LogP contribution < -0.4 is 0 Å². The highest BCUT2D eigenvalue weighted by atomic mass is 16.3. The number of carbonyl (C=O) groups excluding carboxylic acids is 2. The van der Waals surface area contributed by atoms with Gasteiger partial charge < -0.3 is 5.11 Å². The Bertz CT molecular complexity index is 613. The van der Waals surface area contributed by atoms with Gasteiger partial charge in [0.1, 0.15) is 17.8 Å². The molecule has 1 unspecified atom stereocenters. The van der Waals surface area contributed by atoms with Gasteiger partial charge in [0.2, 0.25) is 0 Å². The molecule has 0 heterocycles. The first-order valence-electron chi connectivity index (χ1n) is 8.01. The molecule has 1 saturated carbocycles. The molecule has 2 rings (SSSR count). The lowest BCUT2D eigenvalue weighted by molar-refractivity contribution is -0.135. The standard InChI is InChI=1S/C19H26O3/c1-12(2)14-9-13(11-20)15(10-16(14)21)19(5)8-6-7-18(3,4)17(19)22/h9-12,21H,6-8H2,1-5H3. The molecule has 120 valence electrons. The number of aldehydes is 1. The van der Waals surface area contributed by atoms with Gasteiger partial charge >= 0.3 is 0 Å². The zero-order valence-corrected chi connectivity index (χ0v) is 14.2. The zero-order chi connectivity index (χ0) is 16.7. The summed E-state index contributed by atoms with van der Waals surface area (Å²) in [6, 6.07) is 3.38. The van der Waals surface area contributed by atoms with E-state index in [1.54, 1.807) is 12.1 Å². The summed E-state index contributed by atoms with van der Waals surface area (Å²) in [5, 5.41) is 10.3. The highest BCUT2D eigenvalue weighted by molar-refractivity contribution is 5.97. The number of carbonyl (C=O) groups is 2. The summed E-state index contributed by atoms with van der Waals surface area (Å²) in [6.45, 7) is 9.79. The summed E-state index contributed by atoms with van der Waals surface area (Å²) in [4.78, 5) is 24.5. The molecule has 0 bridgehead atoms. The van der Waals surface area contributed by atoms with Crippen LogP contribution in [0.4, 0.5) is 0 Å². The Morgan fingerprint density at radius 3 is 2.36 bits per heavy atom. The van der Waals surface area contributed by atoms with Crippen molar-refractivity contribution < 1.29 is 14.7 Å². The topological polar surface area (TPSA) is 54.4 Å². The van der Waals surface area contributed by atoms with Gasteiger partial charge in [-0.05, 0) is 48.9 Å². The van der Waals surface area contributed by atoms with Gasteiger partial charge in [0.25, 0.3) is 0 Å². The summed E-state index contributed by atoms with van der Waals surface area (Å²) in [5.41, 5.74) is 0.846. The highest BCUT2D eigenvalue weighted by Crippen LogP contribution is 2.46. The minimum Gasteiger partial charge on any atom is -0.508 e. The Kier molecular flexibility index (Phi) is 4.20. The fraction of sp³-hybridized carbons (Fsp3) is 0.579. The summed E-state index contributed by atoms with van der Waals surface area (Å²) in [7, 11) is 0. The molecule has 0 amide bonds. The van der Waals surface area contributed by atoms with Crippen molar-refractivity contribution in [3.05, 3.63) is 28.8 Å². The quantitative estimate of drug-likeness (QED) is 0.844. The van der Waals surface area contributed by atoms with Crippen molar-refractivity contribution >= 4 is 12.1 Å². The number of phenolic OH excluding ortho intramolecular Hbond substituents is 1. The average molecular weight is 302 g/mol. The van der Waals surface area contributed by atoms with E-state index in [2.05, 4.69) is 0 Å². The van der Waals surface area contributed by atoms with Gasteiger partial charge in [-0.25, -0.2) is 0 Å². The zero-order valence-electron chi connectivity index (χ0n) is 14.2. The molecule has 1 aliphatic rings. The van der Waals surface area contributed by atoms with Crippen LogP contribution in [0.1, 0.15) is 81.3 Å². The second kappa shape index (κ2) is 5.53. The van der Waals surface area contributed by atoms with Crippen LogP contribution in [0.3, 0.4) is 0 Å². The number of benzene rings is 1. The molecule has 1 aliphatic carbocycles. The first kappa shape index (κ1) is 16.7. The van der Waals surface area contributed by atoms with E-state index in [1.165, 1.54) is 0 Å². The van der Waals surface area contributed by atoms with E-state index in [-0.39, 0.29) is 22.9 Å². The molecule has 22 heavy (non-hydrogen) atoms. The normalized spacial score (nSPS) is 24.5. The third-order valence-electron chi connectivity index (χ3n) is 5.14. The lowest BCUT2D eigenvalue weighted by Crippen LogP contribution is -2.46. The predicted molar refractivity (Wildman–Crippen MR) is 87.6 cm³/mol. The monoisotopic (exact) mass is 302 g/mol. The van der Waals surface area contributed by atoms with E-state index in [1.807, 2.05) is 34.6 Å². The lowest BCUT2D eigenvalue weighted by atomic mass is 9.60. The van der Waals surface area contributed by atoms with Crippen molar-refractivity contribution in [2.75, 3.05) is 0 Å². The van der Waals surface area contributed by atoms with Crippen molar-refractivity contribution in [3.8, 4) is 5.75 Å². The summed E-state index contributed by atoms with van der Waals surface area (Å²) in [6.07, 6.45) is 3.34. The third-order valence-corrected chi connectivity index (χ3v) is 5.14. The lowest BCUT2D eigenvalue weighted by Gasteiger charge is -2.42. The Hall–Kier alpha value is -1.64. The molecular formula is C19H26O3. The maximum absolute atomic E-state index is 13.0. The summed E-state index contributed by atoms with van der Waals surface area (Å²) in [5.74, 6) is 0.457. The summed E-state index contributed by atoms with van der Waals surface area (Å²) < 4.78 is 0. The highest BCUT2D eigenvalue weighted by Gasteiger charge is 2.47. The van der Waals surface area contributed by atoms with Crippen LogP contribution in [0.2, 0.25) is 0 Å². The van der Waals surface area contributed by atoms with Gasteiger partial charge in [-0.15, -0.1) is 0 Å². The molecule has 1 atom stereocenters. The van der Waals surface area contributed by atoms with Crippen molar-refractivity contribution in [2.45, 2.75) is 65.2 Å². The molecule has 1 fully saturated rings. The van der Waals surface area contributed by atoms with Gasteiger partial charge in [0.05, 0.1) is 5.41 Å². The van der Waals surface area contributed by atoms with Gasteiger partial charge in [0, 0.05) is 11.0 Å². The molecule has 3 nitrogen and oxygen atoms in total. The number of phenols is 1. The van der Waals surface area contributed by atoms with Gasteiger partial charge in [-0.1, -0.05) is 34.1 Å². The Labute approximate surface area is 132 Å². The van der Waals surface area contributed by atoms with E-state index in [4.69, 9.17) is 0 Å². The van der Waals surface area contributed by atoms with Crippen molar-refractivity contribution in [1.82, 2.24) is 0 Å². The number of rotatable bonds is 3. The SMILES string of the molecule is CC(C)c1cc(C=O)c(C2(C)CCCC(C)(C)C2=O)cc1O. The molecule has 0 radical (unpaired) electrons. The number of aromatic hydroxyl groups is 1. The van der Waals surface area contributed by atoms with Crippen LogP contribution in [0.5, 0.6) is 5.75 Å². The number of ketones is 1. The van der Waals surface area contributed by atoms with E-state index >= 15 is 0 Å². The van der Waals surface area contributed by atoms with E-state index in [9.17, 15) is 14.7 Å². The fourth-order valence-corrected chi connectivity index (χ4v) is 3.78. The molecular weight excluding hydrogens is 276 g/mol. The molecule has 0 spiro atoms. The molecule has 0 aliphatic heterocycles. The maximum Gasteiger partial charge on any atom is 0.150 e. The molecule has 1 N–H and O–H groups in total. The Morgan fingerprint density at radius 2 is 1.82 bits per heavy atom. The van der Waals surface area contributed by atoms with Crippen LogP contribution in [-0.4, -0.2) is 17.2 Å². The van der Waals surface area contributed by atoms with Crippen molar-refractivity contribution in [1.29, 1.82) is 0 Å². The molecule has 3 heteroatoms. The molecule has 1 aromatic carbocycles.